The second kappa shape index (κ2) is 6.72. The molecule has 0 aliphatic rings. The Balaban J connectivity index is 3.26. The smallest absolute Gasteiger partial charge is 0.00255 e. The van der Waals surface area contributed by atoms with Crippen LogP contribution in [0.2, 0.25) is 0 Å². The predicted octanol–water partition coefficient (Wildman–Crippen LogP) is 3.14. The summed E-state index contributed by atoms with van der Waals surface area (Å²) in [5, 5.41) is 0. The van der Waals surface area contributed by atoms with Crippen LogP contribution in [0.4, 0.5) is 0 Å². The van der Waals surface area contributed by atoms with Crippen LogP contribution < -0.4 is 5.73 Å². The molecular formula is C11H25NS. The van der Waals surface area contributed by atoms with Gasteiger partial charge in [-0.15, -0.1) is 0 Å². The standard InChI is InChI=1S/C11H25NS/c1-10(2)5-7-13-8-6-11(3,4)9-12/h10H,5-9,12H2,1-4H3. The average molecular weight is 203 g/mol. The summed E-state index contributed by atoms with van der Waals surface area (Å²) >= 11 is 2.07. The Morgan fingerprint density at radius 1 is 1.23 bits per heavy atom. The van der Waals surface area contributed by atoms with E-state index in [9.17, 15) is 0 Å². The van der Waals surface area contributed by atoms with E-state index in [0.717, 1.165) is 12.5 Å². The van der Waals surface area contributed by atoms with Crippen LogP contribution in [0.5, 0.6) is 0 Å². The van der Waals surface area contributed by atoms with E-state index < -0.39 is 0 Å². The maximum atomic E-state index is 5.66. The van der Waals surface area contributed by atoms with Gasteiger partial charge in [-0.1, -0.05) is 27.7 Å². The summed E-state index contributed by atoms with van der Waals surface area (Å²) in [5.41, 5.74) is 6.00. The molecule has 0 fully saturated rings. The first-order valence-corrected chi connectivity index (χ1v) is 6.41. The van der Waals surface area contributed by atoms with Crippen LogP contribution >= 0.6 is 11.8 Å². The van der Waals surface area contributed by atoms with Crippen molar-refractivity contribution in [2.45, 2.75) is 40.5 Å². The molecule has 0 aliphatic carbocycles. The van der Waals surface area contributed by atoms with Gasteiger partial charge in [0, 0.05) is 0 Å². The molecule has 0 saturated heterocycles. The first kappa shape index (κ1) is 13.3. The molecule has 0 spiro atoms. The molecule has 0 amide bonds. The van der Waals surface area contributed by atoms with Crippen molar-refractivity contribution in [1.29, 1.82) is 0 Å². The summed E-state index contributed by atoms with van der Waals surface area (Å²) in [5.74, 6) is 3.41. The highest BCUT2D eigenvalue weighted by Gasteiger charge is 2.14. The second-order valence-electron chi connectivity index (χ2n) is 4.91. The van der Waals surface area contributed by atoms with Gasteiger partial charge in [0.25, 0.3) is 0 Å². The van der Waals surface area contributed by atoms with Crippen LogP contribution in [-0.4, -0.2) is 18.1 Å². The molecule has 0 saturated carbocycles. The molecule has 0 atom stereocenters. The molecule has 0 bridgehead atoms. The minimum atomic E-state index is 0.338. The molecule has 0 heterocycles. The Morgan fingerprint density at radius 2 is 1.85 bits per heavy atom. The number of nitrogens with two attached hydrogens (primary N) is 1. The topological polar surface area (TPSA) is 26.0 Å². The van der Waals surface area contributed by atoms with Crippen LogP contribution in [0.3, 0.4) is 0 Å². The molecule has 0 aromatic rings. The quantitative estimate of drug-likeness (QED) is 0.643. The molecule has 1 nitrogen and oxygen atoms in total. The van der Waals surface area contributed by atoms with Crippen molar-refractivity contribution in [3.63, 3.8) is 0 Å². The Labute approximate surface area is 87.9 Å². The molecule has 0 aromatic heterocycles. The summed E-state index contributed by atoms with van der Waals surface area (Å²) in [6.45, 7) is 9.86. The third-order valence-corrected chi connectivity index (χ3v) is 3.33. The van der Waals surface area contributed by atoms with Crippen LogP contribution in [0.1, 0.15) is 40.5 Å². The van der Waals surface area contributed by atoms with E-state index in [-0.39, 0.29) is 0 Å². The number of hydrogen-bond donors (Lipinski definition) is 1. The highest BCUT2D eigenvalue weighted by atomic mass is 32.2. The van der Waals surface area contributed by atoms with E-state index in [1.165, 1.54) is 24.3 Å². The fraction of sp³-hybridized carbons (Fsp3) is 1.00. The zero-order valence-electron chi connectivity index (χ0n) is 9.60. The minimum Gasteiger partial charge on any atom is -0.330 e. The van der Waals surface area contributed by atoms with Gasteiger partial charge in [-0.3, -0.25) is 0 Å². The molecule has 0 unspecified atom stereocenters. The van der Waals surface area contributed by atoms with Gasteiger partial charge in [0.15, 0.2) is 0 Å². The van der Waals surface area contributed by atoms with E-state index in [0.29, 0.717) is 5.41 Å². The molecule has 0 rings (SSSR count). The normalized spacial score (nSPS) is 12.5. The number of rotatable bonds is 7. The lowest BCUT2D eigenvalue weighted by atomic mass is 9.91. The first-order valence-electron chi connectivity index (χ1n) is 5.26. The van der Waals surface area contributed by atoms with Gasteiger partial charge in [-0.05, 0) is 42.2 Å². The number of thioether (sulfide) groups is 1. The molecule has 80 valence electrons. The molecule has 0 aliphatic heterocycles. The van der Waals surface area contributed by atoms with Crippen molar-refractivity contribution < 1.29 is 0 Å². The highest BCUT2D eigenvalue weighted by Crippen LogP contribution is 2.21. The highest BCUT2D eigenvalue weighted by molar-refractivity contribution is 7.99. The van der Waals surface area contributed by atoms with E-state index in [4.69, 9.17) is 5.73 Å². The van der Waals surface area contributed by atoms with Crippen LogP contribution in [0.15, 0.2) is 0 Å². The maximum Gasteiger partial charge on any atom is -0.00255 e. The van der Waals surface area contributed by atoms with Gasteiger partial charge in [0.1, 0.15) is 0 Å². The maximum absolute atomic E-state index is 5.66. The average Bonchev–Trinajstić information content (AvgIpc) is 2.03. The Kier molecular flexibility index (Phi) is 6.88. The Bertz CT molecular complexity index is 121. The Morgan fingerprint density at radius 3 is 2.31 bits per heavy atom. The SMILES string of the molecule is CC(C)CCSCCC(C)(C)CN. The van der Waals surface area contributed by atoms with Crippen molar-refractivity contribution in [2.75, 3.05) is 18.1 Å². The van der Waals surface area contributed by atoms with E-state index in [2.05, 4.69) is 39.5 Å². The lowest BCUT2D eigenvalue weighted by Gasteiger charge is -2.21. The third-order valence-electron chi connectivity index (χ3n) is 2.32. The Hall–Kier alpha value is 0.310. The van der Waals surface area contributed by atoms with E-state index >= 15 is 0 Å². The lowest BCUT2D eigenvalue weighted by molar-refractivity contribution is 0.368. The first-order chi connectivity index (χ1) is 5.98. The number of hydrogen-bond acceptors (Lipinski definition) is 2. The zero-order valence-corrected chi connectivity index (χ0v) is 10.4. The summed E-state index contributed by atoms with van der Waals surface area (Å²) in [6.07, 6.45) is 2.58. The van der Waals surface area contributed by atoms with Gasteiger partial charge in [0.2, 0.25) is 0 Å². The van der Waals surface area contributed by atoms with Crippen LogP contribution in [0.25, 0.3) is 0 Å². The van der Waals surface area contributed by atoms with E-state index in [1.54, 1.807) is 0 Å². The molecule has 0 radical (unpaired) electrons. The monoisotopic (exact) mass is 203 g/mol. The summed E-state index contributed by atoms with van der Waals surface area (Å²) in [7, 11) is 0. The lowest BCUT2D eigenvalue weighted by Crippen LogP contribution is -2.24. The largest absolute Gasteiger partial charge is 0.330 e. The van der Waals surface area contributed by atoms with Gasteiger partial charge in [-0.2, -0.15) is 11.8 Å². The van der Waals surface area contributed by atoms with Gasteiger partial charge in [-0.25, -0.2) is 0 Å². The molecule has 0 aromatic carbocycles. The van der Waals surface area contributed by atoms with Crippen molar-refractivity contribution in [3.8, 4) is 0 Å². The third kappa shape index (κ3) is 8.63. The zero-order chi connectivity index (χ0) is 10.3. The summed E-state index contributed by atoms with van der Waals surface area (Å²) in [4.78, 5) is 0. The molecule has 13 heavy (non-hydrogen) atoms. The van der Waals surface area contributed by atoms with Crippen molar-refractivity contribution in [1.82, 2.24) is 0 Å². The molecular weight excluding hydrogens is 178 g/mol. The fourth-order valence-electron chi connectivity index (χ4n) is 0.872. The minimum absolute atomic E-state index is 0.338. The van der Waals surface area contributed by atoms with Gasteiger partial charge in [0.05, 0.1) is 0 Å². The van der Waals surface area contributed by atoms with Crippen molar-refractivity contribution in [2.24, 2.45) is 17.1 Å². The summed E-state index contributed by atoms with van der Waals surface area (Å²) in [6, 6.07) is 0. The molecule has 2 heteroatoms. The van der Waals surface area contributed by atoms with E-state index in [1.807, 2.05) is 0 Å². The molecule has 2 N–H and O–H groups in total. The van der Waals surface area contributed by atoms with Crippen molar-refractivity contribution in [3.05, 3.63) is 0 Å². The van der Waals surface area contributed by atoms with Crippen molar-refractivity contribution >= 4 is 11.8 Å². The van der Waals surface area contributed by atoms with Gasteiger partial charge < -0.3 is 5.73 Å². The second-order valence-corrected chi connectivity index (χ2v) is 6.14. The van der Waals surface area contributed by atoms with Crippen LogP contribution in [-0.2, 0) is 0 Å². The fourth-order valence-corrected chi connectivity index (χ4v) is 2.41. The predicted molar refractivity (Wildman–Crippen MR) is 64.2 cm³/mol. The van der Waals surface area contributed by atoms with Crippen LogP contribution in [0, 0.1) is 11.3 Å². The summed E-state index contributed by atoms with van der Waals surface area (Å²) < 4.78 is 0. The van der Waals surface area contributed by atoms with Gasteiger partial charge >= 0.3 is 0 Å².